The van der Waals surface area contributed by atoms with Gasteiger partial charge >= 0.3 is 0 Å². The van der Waals surface area contributed by atoms with Gasteiger partial charge in [0.2, 0.25) is 0 Å². The van der Waals surface area contributed by atoms with E-state index in [1.807, 2.05) is 0 Å². The summed E-state index contributed by atoms with van der Waals surface area (Å²) in [7, 11) is 0. The van der Waals surface area contributed by atoms with Crippen LogP contribution < -0.4 is 21.3 Å². The highest BCUT2D eigenvalue weighted by Gasteiger charge is 2.41. The SMILES string of the molecule is CCCCCCCCCCCCNC(=O)c1cccc(C2=C3C(=O)NC(c4cccc(C(=O)NCCCCCCCCCCCC)c4)=C3C(=O)N2)c1. The molecule has 282 valence electrons. The average molecular weight is 711 g/mol. The van der Waals surface area contributed by atoms with E-state index < -0.39 is 11.8 Å². The number of hydrogen-bond acceptors (Lipinski definition) is 4. The van der Waals surface area contributed by atoms with Crippen molar-refractivity contribution in [3.05, 3.63) is 81.9 Å². The minimum absolute atomic E-state index is 0.178. The molecule has 2 aliphatic rings. The normalized spacial score (nSPS) is 13.7. The fourth-order valence-corrected chi connectivity index (χ4v) is 7.08. The highest BCUT2D eigenvalue weighted by molar-refractivity contribution is 6.30. The Morgan fingerprint density at radius 3 is 1.15 bits per heavy atom. The Morgan fingerprint density at radius 2 is 0.808 bits per heavy atom. The van der Waals surface area contributed by atoms with E-state index in [4.69, 9.17) is 0 Å². The first-order valence-corrected chi connectivity index (χ1v) is 20.3. The Kier molecular flexibility index (Phi) is 17.7. The Morgan fingerprint density at radius 1 is 0.481 bits per heavy atom. The van der Waals surface area contributed by atoms with Gasteiger partial charge in [0, 0.05) is 24.2 Å². The maximum Gasteiger partial charge on any atom is 0.258 e. The molecule has 0 unspecified atom stereocenters. The predicted octanol–water partition coefficient (Wildman–Crippen LogP) is 9.37. The number of hydrogen-bond donors (Lipinski definition) is 4. The van der Waals surface area contributed by atoms with Gasteiger partial charge in [0.15, 0.2) is 0 Å². The lowest BCUT2D eigenvalue weighted by Gasteiger charge is -2.10. The lowest BCUT2D eigenvalue weighted by Crippen LogP contribution is -2.25. The van der Waals surface area contributed by atoms with Crippen LogP contribution in [0, 0.1) is 0 Å². The maximum absolute atomic E-state index is 13.3. The van der Waals surface area contributed by atoms with Crippen LogP contribution in [0.2, 0.25) is 0 Å². The van der Waals surface area contributed by atoms with E-state index >= 15 is 0 Å². The number of carbonyl (C=O) groups is 4. The van der Waals surface area contributed by atoms with Crippen LogP contribution in [0.5, 0.6) is 0 Å². The Bertz CT molecular complexity index is 1440. The van der Waals surface area contributed by atoms with Crippen molar-refractivity contribution in [1.82, 2.24) is 21.3 Å². The summed E-state index contributed by atoms with van der Waals surface area (Å²) in [6.45, 7) is 5.70. The number of fused-ring (bicyclic) bond motifs is 1. The molecule has 0 aromatic heterocycles. The zero-order valence-corrected chi connectivity index (χ0v) is 31.8. The third kappa shape index (κ3) is 12.5. The molecule has 4 rings (SSSR count). The number of benzene rings is 2. The molecule has 2 aromatic carbocycles. The zero-order chi connectivity index (χ0) is 37.0. The van der Waals surface area contributed by atoms with Crippen LogP contribution in [0.15, 0.2) is 59.7 Å². The van der Waals surface area contributed by atoms with Gasteiger partial charge in [0.1, 0.15) is 0 Å². The van der Waals surface area contributed by atoms with Crippen LogP contribution >= 0.6 is 0 Å². The third-order valence-corrected chi connectivity index (χ3v) is 10.1. The number of nitrogens with one attached hydrogen (secondary N) is 4. The molecule has 0 saturated carbocycles. The topological polar surface area (TPSA) is 116 Å². The fraction of sp³-hybridized carbons (Fsp3) is 0.545. The minimum Gasteiger partial charge on any atom is -0.352 e. The number of unbranched alkanes of at least 4 members (excludes halogenated alkanes) is 18. The zero-order valence-electron chi connectivity index (χ0n) is 31.8. The van der Waals surface area contributed by atoms with E-state index in [-0.39, 0.29) is 23.0 Å². The van der Waals surface area contributed by atoms with E-state index in [1.165, 1.54) is 103 Å². The predicted molar refractivity (Wildman–Crippen MR) is 211 cm³/mol. The van der Waals surface area contributed by atoms with Crippen LogP contribution in [-0.2, 0) is 9.59 Å². The first-order chi connectivity index (χ1) is 25.4. The number of carbonyl (C=O) groups excluding carboxylic acids is 4. The van der Waals surface area contributed by atoms with Gasteiger partial charge in [-0.15, -0.1) is 0 Å². The first-order valence-electron chi connectivity index (χ1n) is 20.3. The minimum atomic E-state index is -0.398. The summed E-state index contributed by atoms with van der Waals surface area (Å²) in [6.07, 6.45) is 24.7. The molecule has 0 aliphatic carbocycles. The molecule has 4 N–H and O–H groups in total. The largest absolute Gasteiger partial charge is 0.352 e. The molecular formula is C44H62N4O4. The van der Waals surface area contributed by atoms with Crippen LogP contribution in [0.1, 0.15) is 174 Å². The van der Waals surface area contributed by atoms with Gasteiger partial charge < -0.3 is 21.3 Å². The smallest absolute Gasteiger partial charge is 0.258 e. The molecule has 0 bridgehead atoms. The van der Waals surface area contributed by atoms with E-state index in [2.05, 4.69) is 35.1 Å². The number of rotatable bonds is 26. The second kappa shape index (κ2) is 22.7. The molecular weight excluding hydrogens is 649 g/mol. The van der Waals surface area contributed by atoms with Gasteiger partial charge in [-0.2, -0.15) is 0 Å². The third-order valence-electron chi connectivity index (χ3n) is 10.1. The molecule has 4 amide bonds. The van der Waals surface area contributed by atoms with E-state index in [0.29, 0.717) is 46.7 Å². The highest BCUT2D eigenvalue weighted by atomic mass is 16.2. The standard InChI is InChI=1S/C44H62N4O4/c1-3-5-7-9-11-13-15-17-19-21-29-45-41(49)35-27-23-25-33(31-35)39-37-38(44(52)47-39)40(48-43(37)51)34-26-24-28-36(32-34)42(50)46-30-22-20-18-16-14-12-10-8-6-4-2/h23-28,31-32H,3-22,29-30H2,1-2H3,(H,45,49)(H,46,50)(H,47,52)(H,48,51). The highest BCUT2D eigenvalue weighted by Crippen LogP contribution is 2.37. The average Bonchev–Trinajstić information content (AvgIpc) is 3.69. The lowest BCUT2D eigenvalue weighted by atomic mass is 10.00. The molecule has 0 spiro atoms. The molecule has 0 atom stereocenters. The Balaban J connectivity index is 1.28. The van der Waals surface area contributed by atoms with E-state index in [1.54, 1.807) is 48.5 Å². The Labute approximate surface area is 312 Å². The molecule has 2 aromatic rings. The molecule has 52 heavy (non-hydrogen) atoms. The van der Waals surface area contributed by atoms with E-state index in [9.17, 15) is 19.2 Å². The molecule has 8 heteroatoms. The Hall–Kier alpha value is -4.20. The van der Waals surface area contributed by atoms with Crippen molar-refractivity contribution in [1.29, 1.82) is 0 Å². The maximum atomic E-state index is 13.3. The van der Waals surface area contributed by atoms with Crippen LogP contribution in [-0.4, -0.2) is 36.7 Å². The molecule has 0 saturated heterocycles. The van der Waals surface area contributed by atoms with Crippen molar-refractivity contribution in [2.24, 2.45) is 0 Å². The molecule has 2 heterocycles. The monoisotopic (exact) mass is 710 g/mol. The molecule has 2 aliphatic heterocycles. The lowest BCUT2D eigenvalue weighted by molar-refractivity contribution is -0.117. The van der Waals surface area contributed by atoms with Gasteiger partial charge in [-0.25, -0.2) is 0 Å². The van der Waals surface area contributed by atoms with Crippen molar-refractivity contribution in [3.8, 4) is 0 Å². The molecule has 8 nitrogen and oxygen atoms in total. The van der Waals surface area contributed by atoms with Crippen LogP contribution in [0.3, 0.4) is 0 Å². The second-order valence-corrected chi connectivity index (χ2v) is 14.4. The van der Waals surface area contributed by atoms with Gasteiger partial charge in [0.05, 0.1) is 22.5 Å². The molecule has 0 fully saturated rings. The van der Waals surface area contributed by atoms with Gasteiger partial charge in [-0.05, 0) is 48.2 Å². The van der Waals surface area contributed by atoms with Crippen LogP contribution in [0.4, 0.5) is 0 Å². The summed E-state index contributed by atoms with van der Waals surface area (Å²) >= 11 is 0. The summed E-state index contributed by atoms with van der Waals surface area (Å²) < 4.78 is 0. The van der Waals surface area contributed by atoms with Crippen LogP contribution in [0.25, 0.3) is 11.4 Å². The fourth-order valence-electron chi connectivity index (χ4n) is 7.08. The first kappa shape index (κ1) is 40.6. The van der Waals surface area contributed by atoms with Crippen molar-refractivity contribution >= 4 is 35.0 Å². The van der Waals surface area contributed by atoms with Crippen molar-refractivity contribution in [2.45, 2.75) is 142 Å². The summed E-state index contributed by atoms with van der Waals surface area (Å²) in [5.74, 6) is -1.15. The second-order valence-electron chi connectivity index (χ2n) is 14.4. The quantitative estimate of drug-likeness (QED) is 0.0728. The number of amides is 4. The van der Waals surface area contributed by atoms with Gasteiger partial charge in [-0.3, -0.25) is 19.2 Å². The van der Waals surface area contributed by atoms with Crippen molar-refractivity contribution < 1.29 is 19.2 Å². The van der Waals surface area contributed by atoms with Gasteiger partial charge in [-0.1, -0.05) is 154 Å². The van der Waals surface area contributed by atoms with Crippen molar-refractivity contribution in [3.63, 3.8) is 0 Å². The van der Waals surface area contributed by atoms with E-state index in [0.717, 1.165) is 25.7 Å². The summed E-state index contributed by atoms with van der Waals surface area (Å²) in [4.78, 5) is 52.6. The summed E-state index contributed by atoms with van der Waals surface area (Å²) in [6, 6.07) is 14.0. The van der Waals surface area contributed by atoms with Crippen molar-refractivity contribution in [2.75, 3.05) is 13.1 Å². The summed E-state index contributed by atoms with van der Waals surface area (Å²) in [5.41, 5.74) is 3.36. The van der Waals surface area contributed by atoms with Gasteiger partial charge in [0.25, 0.3) is 23.6 Å². The molecule has 0 radical (unpaired) electrons. The summed E-state index contributed by atoms with van der Waals surface area (Å²) in [5, 5.41) is 11.8.